The Hall–Kier alpha value is -1.59. The van der Waals surface area contributed by atoms with E-state index in [1.165, 1.54) is 19.3 Å². The number of amides is 1. The van der Waals surface area contributed by atoms with Crippen LogP contribution in [-0.4, -0.2) is 129 Å². The smallest absolute Gasteiger partial charge is 0.259 e. The molecule has 4 aliphatic heterocycles. The van der Waals surface area contributed by atoms with E-state index in [1.54, 1.807) is 4.90 Å². The van der Waals surface area contributed by atoms with Gasteiger partial charge in [-0.25, -0.2) is 4.39 Å². The Morgan fingerprint density at radius 1 is 0.976 bits per heavy atom. The summed E-state index contributed by atoms with van der Waals surface area (Å²) in [6.45, 7) is 7.07. The first-order valence-corrected chi connectivity index (χ1v) is 16.3. The number of nitrogens with one attached hydrogen (secondary N) is 1. The molecule has 1 amide bonds. The molecule has 1 N–H and O–H groups in total. The van der Waals surface area contributed by atoms with Gasteiger partial charge in [0.2, 0.25) is 0 Å². The summed E-state index contributed by atoms with van der Waals surface area (Å²) in [5.74, 6) is 0.146. The van der Waals surface area contributed by atoms with Crippen LogP contribution in [0.3, 0.4) is 0 Å². The Bertz CT molecular complexity index is 1000. The Morgan fingerprint density at radius 2 is 1.73 bits per heavy atom. The molecule has 3 aliphatic carbocycles. The zero-order valence-corrected chi connectivity index (χ0v) is 24.3. The number of alkyl halides is 1. The summed E-state index contributed by atoms with van der Waals surface area (Å²) in [6, 6.07) is -0.545. The van der Waals surface area contributed by atoms with Gasteiger partial charge in [0.1, 0.15) is 6.17 Å². The zero-order valence-electron chi connectivity index (χ0n) is 24.3. The predicted octanol–water partition coefficient (Wildman–Crippen LogP) is 1.76. The lowest BCUT2D eigenvalue weighted by molar-refractivity contribution is -0.220. The second-order valence-electron chi connectivity index (χ2n) is 13.3. The molecule has 9 nitrogen and oxygen atoms in total. The lowest BCUT2D eigenvalue weighted by Crippen LogP contribution is -2.74. The number of halogens is 1. The van der Waals surface area contributed by atoms with Crippen molar-refractivity contribution in [2.75, 3.05) is 65.7 Å². The number of carbonyl (C=O) groups excluding carboxylic acids is 2. The Kier molecular flexibility index (Phi) is 8.38. The fourth-order valence-electron chi connectivity index (χ4n) is 9.09. The molecule has 0 radical (unpaired) electrons. The van der Waals surface area contributed by atoms with Crippen LogP contribution in [0.5, 0.6) is 0 Å². The molecule has 3 saturated heterocycles. The Morgan fingerprint density at radius 3 is 2.54 bits per heavy atom. The third-order valence-corrected chi connectivity index (χ3v) is 11.2. The number of morpholine rings is 3. The fraction of sp³-hybridized carbons (Fsp3) is 0.871. The molecule has 0 aromatic rings. The number of nitrogens with zero attached hydrogens (tertiary/aromatic N) is 3. The minimum absolute atomic E-state index is 0.0168. The summed E-state index contributed by atoms with van der Waals surface area (Å²) in [6.07, 6.45) is 8.42. The molecule has 0 bridgehead atoms. The maximum absolute atomic E-state index is 16.1. The van der Waals surface area contributed by atoms with Gasteiger partial charge >= 0.3 is 0 Å². The number of hydrogen-bond donors (Lipinski definition) is 1. The molecule has 6 fully saturated rings. The molecule has 0 spiro atoms. The fourth-order valence-corrected chi connectivity index (χ4v) is 9.09. The maximum Gasteiger partial charge on any atom is 0.259 e. The van der Waals surface area contributed by atoms with Gasteiger partial charge < -0.3 is 29.3 Å². The van der Waals surface area contributed by atoms with Crippen molar-refractivity contribution < 1.29 is 28.2 Å². The Labute approximate surface area is 243 Å². The van der Waals surface area contributed by atoms with Crippen LogP contribution < -0.4 is 5.32 Å². The van der Waals surface area contributed by atoms with Crippen LogP contribution in [0.25, 0.3) is 0 Å². The highest BCUT2D eigenvalue weighted by molar-refractivity contribution is 6.20. The van der Waals surface area contributed by atoms with Gasteiger partial charge in [0.05, 0.1) is 62.3 Å². The highest BCUT2D eigenvalue weighted by Gasteiger charge is 2.60. The second kappa shape index (κ2) is 12.2. The molecule has 9 atom stereocenters. The molecule has 228 valence electrons. The van der Waals surface area contributed by atoms with E-state index in [-0.39, 0.29) is 41.9 Å². The molecule has 0 aromatic heterocycles. The lowest BCUT2D eigenvalue weighted by Gasteiger charge is -2.61. The first-order valence-electron chi connectivity index (χ1n) is 16.3. The van der Waals surface area contributed by atoms with Gasteiger partial charge in [-0.2, -0.15) is 0 Å². The van der Waals surface area contributed by atoms with Gasteiger partial charge in [0.15, 0.2) is 5.78 Å². The van der Waals surface area contributed by atoms with Gasteiger partial charge in [0.25, 0.3) is 5.91 Å². The highest BCUT2D eigenvalue weighted by Crippen LogP contribution is 2.50. The van der Waals surface area contributed by atoms with E-state index in [9.17, 15) is 9.59 Å². The van der Waals surface area contributed by atoms with Gasteiger partial charge in [-0.05, 0) is 57.0 Å². The van der Waals surface area contributed by atoms with Crippen LogP contribution in [0.4, 0.5) is 4.39 Å². The normalized spacial score (nSPS) is 41.2. The Balaban J connectivity index is 1.15. The van der Waals surface area contributed by atoms with Crippen molar-refractivity contribution in [1.29, 1.82) is 0 Å². The quantitative estimate of drug-likeness (QED) is 0.380. The van der Waals surface area contributed by atoms with Crippen molar-refractivity contribution >= 4 is 11.7 Å². The average Bonchev–Trinajstić information content (AvgIpc) is 3.02. The SMILES string of the molecule is O=C1C(C(=O)N2CCOCC2)=CN2C3CCC4CCCCC4C3OC3C(NCCCN4CCOCC4)C(F)CC1C32. The molecule has 41 heavy (non-hydrogen) atoms. The van der Waals surface area contributed by atoms with Crippen LogP contribution in [0.1, 0.15) is 51.4 Å². The number of carbonyl (C=O) groups is 2. The number of fused-ring (bicyclic) bond motifs is 4. The number of Topliss-reactive ketones (excluding diaryl/α,β-unsaturated/α-hetero) is 1. The first-order chi connectivity index (χ1) is 20.1. The molecular weight excluding hydrogens is 527 g/mol. The minimum Gasteiger partial charge on any atom is -0.379 e. The molecule has 0 aromatic carbocycles. The molecule has 9 unspecified atom stereocenters. The standard InChI is InChI=1S/C31H47FN4O5/c32-24-18-22-27-30(26(24)33-8-3-9-34-10-14-39-15-11-34)41-29-21-5-2-1-4-20(21)6-7-25(29)36(27)19-23(28(22)37)31(38)35-12-16-40-17-13-35/h19-22,24-27,29-30,33H,1-18H2. The molecule has 7 rings (SSSR count). The zero-order chi connectivity index (χ0) is 27.9. The van der Waals surface area contributed by atoms with Gasteiger partial charge in [-0.15, -0.1) is 0 Å². The summed E-state index contributed by atoms with van der Waals surface area (Å²) >= 11 is 0. The van der Waals surface area contributed by atoms with E-state index in [2.05, 4.69) is 15.1 Å². The van der Waals surface area contributed by atoms with E-state index in [1.807, 2.05) is 6.20 Å². The molecule has 4 heterocycles. The summed E-state index contributed by atoms with van der Waals surface area (Å²) < 4.78 is 34.1. The monoisotopic (exact) mass is 574 g/mol. The summed E-state index contributed by atoms with van der Waals surface area (Å²) in [7, 11) is 0. The van der Waals surface area contributed by atoms with Gasteiger partial charge in [0, 0.05) is 38.3 Å². The first kappa shape index (κ1) is 28.2. The summed E-state index contributed by atoms with van der Waals surface area (Å²) in [4.78, 5) is 34.0. The van der Waals surface area contributed by atoms with Crippen molar-refractivity contribution in [1.82, 2.24) is 20.0 Å². The van der Waals surface area contributed by atoms with E-state index in [0.29, 0.717) is 44.7 Å². The maximum atomic E-state index is 16.1. The number of rotatable bonds is 6. The van der Waals surface area contributed by atoms with Crippen molar-refractivity contribution in [3.63, 3.8) is 0 Å². The predicted molar refractivity (Wildman–Crippen MR) is 150 cm³/mol. The van der Waals surface area contributed by atoms with Crippen molar-refractivity contribution in [3.05, 3.63) is 11.8 Å². The van der Waals surface area contributed by atoms with Gasteiger partial charge in [-0.1, -0.05) is 19.3 Å². The average molecular weight is 575 g/mol. The van der Waals surface area contributed by atoms with E-state index in [0.717, 1.165) is 58.5 Å². The van der Waals surface area contributed by atoms with Gasteiger partial charge in [-0.3, -0.25) is 14.5 Å². The number of hydrogen-bond acceptors (Lipinski definition) is 8. The highest BCUT2D eigenvalue weighted by atomic mass is 19.1. The molecule has 7 aliphatic rings. The summed E-state index contributed by atoms with van der Waals surface area (Å²) in [5, 5.41) is 3.56. The topological polar surface area (TPSA) is 83.6 Å². The molecular formula is C31H47FN4O5. The summed E-state index contributed by atoms with van der Waals surface area (Å²) in [5.41, 5.74) is 0.238. The van der Waals surface area contributed by atoms with Crippen LogP contribution in [-0.2, 0) is 23.8 Å². The molecule has 10 heteroatoms. The van der Waals surface area contributed by atoms with Crippen molar-refractivity contribution in [2.24, 2.45) is 17.8 Å². The number of ketones is 1. The van der Waals surface area contributed by atoms with E-state index in [4.69, 9.17) is 14.2 Å². The minimum atomic E-state index is -1.20. The van der Waals surface area contributed by atoms with Crippen LogP contribution in [0.15, 0.2) is 11.8 Å². The van der Waals surface area contributed by atoms with Crippen LogP contribution in [0, 0.1) is 17.8 Å². The lowest BCUT2D eigenvalue weighted by atomic mass is 9.64. The largest absolute Gasteiger partial charge is 0.379 e. The van der Waals surface area contributed by atoms with Crippen molar-refractivity contribution in [3.8, 4) is 0 Å². The van der Waals surface area contributed by atoms with Crippen LogP contribution >= 0.6 is 0 Å². The van der Waals surface area contributed by atoms with E-state index < -0.39 is 24.2 Å². The third-order valence-electron chi connectivity index (χ3n) is 11.2. The third kappa shape index (κ3) is 5.37. The van der Waals surface area contributed by atoms with Crippen molar-refractivity contribution in [2.45, 2.75) is 87.9 Å². The molecule has 3 saturated carbocycles. The van der Waals surface area contributed by atoms with E-state index >= 15 is 4.39 Å². The number of ether oxygens (including phenoxy) is 3. The van der Waals surface area contributed by atoms with Crippen LogP contribution in [0.2, 0.25) is 0 Å². The second-order valence-corrected chi connectivity index (χ2v) is 13.3.